The molecule has 0 atom stereocenters. The Morgan fingerprint density at radius 1 is 1.10 bits per heavy atom. The van der Waals surface area contributed by atoms with Crippen LogP contribution in [0.25, 0.3) is 0 Å². The summed E-state index contributed by atoms with van der Waals surface area (Å²) in [7, 11) is 5.31. The Hall–Kier alpha value is 0.0249. The first-order valence-corrected chi connectivity index (χ1v) is 4.19. The molecule has 58 valence electrons. The Morgan fingerprint density at radius 2 is 1.80 bits per heavy atom. The van der Waals surface area contributed by atoms with Gasteiger partial charge in [-0.2, -0.15) is 0 Å². The number of ether oxygens (including phenoxy) is 1. The van der Waals surface area contributed by atoms with Gasteiger partial charge >= 0.3 is 0 Å². The quantitative estimate of drug-likeness (QED) is 0.389. The van der Waals surface area contributed by atoms with Crippen molar-refractivity contribution < 1.29 is 4.74 Å². The van der Waals surface area contributed by atoms with Gasteiger partial charge in [0.2, 0.25) is 0 Å². The zero-order chi connectivity index (χ0) is 7.66. The van der Waals surface area contributed by atoms with Crippen LogP contribution in [0.15, 0.2) is 0 Å². The van der Waals surface area contributed by atoms with Crippen molar-refractivity contribution in [3.05, 3.63) is 0 Å². The van der Waals surface area contributed by atoms with E-state index in [1.54, 1.807) is 0 Å². The van der Waals surface area contributed by atoms with E-state index in [0.29, 0.717) is 0 Å². The summed E-state index contributed by atoms with van der Waals surface area (Å²) in [4.78, 5) is 0. The Morgan fingerprint density at radius 3 is 2.40 bits per heavy atom. The molecule has 0 spiro atoms. The molecule has 1 nitrogen and oxygen atoms in total. The van der Waals surface area contributed by atoms with Gasteiger partial charge in [0, 0.05) is 13.2 Å². The van der Waals surface area contributed by atoms with Crippen LogP contribution in [-0.4, -0.2) is 21.1 Å². The highest BCUT2D eigenvalue weighted by Crippen LogP contribution is 1.94. The van der Waals surface area contributed by atoms with E-state index >= 15 is 0 Å². The fourth-order valence-electron chi connectivity index (χ4n) is 0.697. The first-order valence-electron chi connectivity index (χ1n) is 4.19. The van der Waals surface area contributed by atoms with Crippen LogP contribution in [0.5, 0.6) is 0 Å². The zero-order valence-corrected chi connectivity index (χ0v) is 6.94. The molecule has 0 N–H and O–H groups in total. The molecule has 0 saturated carbocycles. The summed E-state index contributed by atoms with van der Waals surface area (Å²) in [5.41, 5.74) is 0. The monoisotopic (exact) mass is 140 g/mol. The van der Waals surface area contributed by atoms with Crippen molar-refractivity contribution in [2.24, 2.45) is 0 Å². The standard InChI is InChI=1S/C8H17BO/c1-2-3-7-10-8-5-4-6-9/h2-8H2,1H3. The highest BCUT2D eigenvalue weighted by molar-refractivity contribution is 6.08. The highest BCUT2D eigenvalue weighted by Gasteiger charge is 1.86. The van der Waals surface area contributed by atoms with Gasteiger partial charge in [0.05, 0.1) is 7.85 Å². The molecule has 0 bridgehead atoms. The van der Waals surface area contributed by atoms with E-state index in [9.17, 15) is 0 Å². The minimum absolute atomic E-state index is 0.789. The number of hydrogen-bond acceptors (Lipinski definition) is 1. The number of hydrogen-bond donors (Lipinski definition) is 0. The number of unbranched alkanes of at least 4 members (excludes halogenated alkanes) is 2. The molecular weight excluding hydrogens is 123 g/mol. The molecule has 0 aromatic rings. The summed E-state index contributed by atoms with van der Waals surface area (Å²) >= 11 is 0. The average Bonchev–Trinajstić information content (AvgIpc) is 1.97. The molecule has 0 heterocycles. The van der Waals surface area contributed by atoms with Crippen molar-refractivity contribution in [3.63, 3.8) is 0 Å². The van der Waals surface area contributed by atoms with Gasteiger partial charge in [-0.1, -0.05) is 26.1 Å². The third kappa shape index (κ3) is 8.02. The first-order chi connectivity index (χ1) is 4.91. The molecule has 10 heavy (non-hydrogen) atoms. The largest absolute Gasteiger partial charge is 0.381 e. The van der Waals surface area contributed by atoms with Crippen molar-refractivity contribution in [2.75, 3.05) is 13.2 Å². The van der Waals surface area contributed by atoms with Gasteiger partial charge in [0.15, 0.2) is 0 Å². The van der Waals surface area contributed by atoms with Gasteiger partial charge in [-0.15, -0.1) is 0 Å². The summed E-state index contributed by atoms with van der Waals surface area (Å²) in [6.07, 6.45) is 5.39. The van der Waals surface area contributed by atoms with E-state index in [1.807, 2.05) is 0 Å². The van der Waals surface area contributed by atoms with Gasteiger partial charge < -0.3 is 4.74 Å². The molecule has 0 aliphatic carbocycles. The highest BCUT2D eigenvalue weighted by atomic mass is 16.5. The Kier molecular flexibility index (Phi) is 9.05. The van der Waals surface area contributed by atoms with Crippen LogP contribution in [0.4, 0.5) is 0 Å². The Labute approximate surface area is 65.6 Å². The predicted molar refractivity (Wildman–Crippen MR) is 45.5 cm³/mol. The zero-order valence-electron chi connectivity index (χ0n) is 6.94. The minimum atomic E-state index is 0.789. The van der Waals surface area contributed by atoms with Crippen molar-refractivity contribution in [1.82, 2.24) is 0 Å². The minimum Gasteiger partial charge on any atom is -0.381 e. The lowest BCUT2D eigenvalue weighted by molar-refractivity contribution is 0.128. The van der Waals surface area contributed by atoms with E-state index in [0.717, 1.165) is 32.4 Å². The summed E-state index contributed by atoms with van der Waals surface area (Å²) in [5.74, 6) is 0. The molecule has 0 aromatic heterocycles. The summed E-state index contributed by atoms with van der Waals surface area (Å²) in [6, 6.07) is 0. The van der Waals surface area contributed by atoms with Crippen LogP contribution in [0, 0.1) is 0 Å². The predicted octanol–water partition coefficient (Wildman–Crippen LogP) is 2.17. The van der Waals surface area contributed by atoms with Crippen LogP contribution in [0.3, 0.4) is 0 Å². The molecule has 0 fully saturated rings. The van der Waals surface area contributed by atoms with Crippen molar-refractivity contribution >= 4 is 7.85 Å². The lowest BCUT2D eigenvalue weighted by Crippen LogP contribution is -1.95. The van der Waals surface area contributed by atoms with Crippen molar-refractivity contribution in [3.8, 4) is 0 Å². The Balaban J connectivity index is 2.65. The number of rotatable bonds is 7. The molecule has 2 heteroatoms. The summed E-state index contributed by atoms with van der Waals surface area (Å²) in [6.45, 7) is 3.97. The second kappa shape index (κ2) is 9.02. The third-order valence-electron chi connectivity index (χ3n) is 1.39. The third-order valence-corrected chi connectivity index (χ3v) is 1.39. The summed E-state index contributed by atoms with van der Waals surface area (Å²) < 4.78 is 5.32. The molecule has 0 unspecified atom stereocenters. The molecule has 0 aliphatic rings. The second-order valence-corrected chi connectivity index (χ2v) is 2.46. The van der Waals surface area contributed by atoms with Crippen LogP contribution < -0.4 is 0 Å². The second-order valence-electron chi connectivity index (χ2n) is 2.46. The smallest absolute Gasteiger partial charge is 0.0653 e. The van der Waals surface area contributed by atoms with Crippen molar-refractivity contribution in [2.45, 2.75) is 38.9 Å². The van der Waals surface area contributed by atoms with Gasteiger partial charge in [-0.25, -0.2) is 0 Å². The molecule has 0 aliphatic heterocycles. The first kappa shape index (κ1) is 10.0. The Bertz CT molecular complexity index is 49.2. The maximum atomic E-state index is 5.32. The maximum Gasteiger partial charge on any atom is 0.0653 e. The maximum absolute atomic E-state index is 5.32. The lowest BCUT2D eigenvalue weighted by Gasteiger charge is -2.00. The van der Waals surface area contributed by atoms with Crippen LogP contribution in [0.2, 0.25) is 6.32 Å². The van der Waals surface area contributed by atoms with E-state index in [4.69, 9.17) is 12.6 Å². The molecule has 2 radical (unpaired) electrons. The van der Waals surface area contributed by atoms with Gasteiger partial charge in [-0.05, 0) is 12.8 Å². The SMILES string of the molecule is [B]CCCCOCCCC. The normalized spacial score (nSPS) is 10.1. The van der Waals surface area contributed by atoms with Crippen LogP contribution in [-0.2, 0) is 4.74 Å². The summed E-state index contributed by atoms with van der Waals surface area (Å²) in [5, 5.41) is 0. The van der Waals surface area contributed by atoms with Crippen LogP contribution >= 0.6 is 0 Å². The van der Waals surface area contributed by atoms with Gasteiger partial charge in [-0.3, -0.25) is 0 Å². The fraction of sp³-hybridized carbons (Fsp3) is 1.00. The van der Waals surface area contributed by atoms with E-state index < -0.39 is 0 Å². The molecule has 0 rings (SSSR count). The molecular formula is C8H17BO. The average molecular weight is 140 g/mol. The van der Waals surface area contributed by atoms with E-state index in [-0.39, 0.29) is 0 Å². The van der Waals surface area contributed by atoms with E-state index in [1.165, 1.54) is 12.8 Å². The fourth-order valence-corrected chi connectivity index (χ4v) is 0.697. The van der Waals surface area contributed by atoms with E-state index in [2.05, 4.69) is 6.92 Å². The van der Waals surface area contributed by atoms with Gasteiger partial charge in [0.25, 0.3) is 0 Å². The molecule has 0 amide bonds. The van der Waals surface area contributed by atoms with Crippen LogP contribution in [0.1, 0.15) is 32.6 Å². The topological polar surface area (TPSA) is 9.23 Å². The molecule has 0 aromatic carbocycles. The van der Waals surface area contributed by atoms with Crippen molar-refractivity contribution in [1.29, 1.82) is 0 Å². The van der Waals surface area contributed by atoms with Gasteiger partial charge in [0.1, 0.15) is 0 Å². The lowest BCUT2D eigenvalue weighted by atomic mass is 10.0. The molecule has 0 saturated heterocycles.